The number of nitrogens with zero attached hydrogens (tertiary/aromatic N) is 1. The lowest BCUT2D eigenvalue weighted by atomic mass is 10.2. The maximum Gasteiger partial charge on any atom is 0.246 e. The van der Waals surface area contributed by atoms with Gasteiger partial charge in [-0.15, -0.1) is 0 Å². The predicted molar refractivity (Wildman–Crippen MR) is 73.0 cm³/mol. The van der Waals surface area contributed by atoms with E-state index in [4.69, 9.17) is 10.5 Å². The largest absolute Gasteiger partial charge is 0.378 e. The van der Waals surface area contributed by atoms with E-state index in [2.05, 4.69) is 0 Å². The Morgan fingerprint density at radius 1 is 1.43 bits per heavy atom. The van der Waals surface area contributed by atoms with Crippen LogP contribution in [0.15, 0.2) is 17.0 Å². The molecule has 1 aromatic carbocycles. The smallest absolute Gasteiger partial charge is 0.246 e. The Balaban J connectivity index is 2.50. The van der Waals surface area contributed by atoms with Crippen LogP contribution in [-0.4, -0.2) is 38.5 Å². The number of hydrogen-bond acceptors (Lipinski definition) is 4. The van der Waals surface area contributed by atoms with Crippen LogP contribution in [0.3, 0.4) is 0 Å². The normalized spacial score (nSPS) is 20.7. The third-order valence-electron chi connectivity index (χ3n) is 3.52. The van der Waals surface area contributed by atoms with E-state index < -0.39 is 26.6 Å². The fourth-order valence-electron chi connectivity index (χ4n) is 2.33. The van der Waals surface area contributed by atoms with Crippen molar-refractivity contribution in [3.8, 4) is 0 Å². The van der Waals surface area contributed by atoms with Crippen molar-refractivity contribution in [1.29, 1.82) is 0 Å². The first-order valence-electron chi connectivity index (χ1n) is 6.69. The molecule has 0 aromatic heterocycles. The zero-order valence-electron chi connectivity index (χ0n) is 11.7. The summed E-state index contributed by atoms with van der Waals surface area (Å²) in [6.07, 6.45) is 0.528. The van der Waals surface area contributed by atoms with Crippen LogP contribution in [0.5, 0.6) is 0 Å². The number of morpholine rings is 1. The van der Waals surface area contributed by atoms with Gasteiger partial charge < -0.3 is 10.5 Å². The van der Waals surface area contributed by atoms with Crippen LogP contribution >= 0.6 is 0 Å². The van der Waals surface area contributed by atoms with E-state index in [9.17, 15) is 17.2 Å². The molecule has 1 fully saturated rings. The van der Waals surface area contributed by atoms with Crippen LogP contribution in [0.1, 0.15) is 18.9 Å². The van der Waals surface area contributed by atoms with Crippen molar-refractivity contribution < 1.29 is 21.9 Å². The van der Waals surface area contributed by atoms with Crippen LogP contribution in [0.2, 0.25) is 0 Å². The molecule has 1 aromatic rings. The number of sulfonamides is 1. The highest BCUT2D eigenvalue weighted by atomic mass is 32.2. The van der Waals surface area contributed by atoms with Crippen LogP contribution in [-0.2, 0) is 21.3 Å². The van der Waals surface area contributed by atoms with Gasteiger partial charge in [0.2, 0.25) is 10.0 Å². The summed E-state index contributed by atoms with van der Waals surface area (Å²) in [5.41, 5.74) is 5.63. The Kier molecular flexibility index (Phi) is 4.92. The number of ether oxygens (including phenoxy) is 1. The summed E-state index contributed by atoms with van der Waals surface area (Å²) < 4.78 is 59.2. The number of halogens is 2. The Morgan fingerprint density at radius 2 is 2.14 bits per heavy atom. The van der Waals surface area contributed by atoms with Gasteiger partial charge in [0.1, 0.15) is 4.90 Å². The fraction of sp³-hybridized carbons (Fsp3) is 0.538. The van der Waals surface area contributed by atoms with Crippen molar-refractivity contribution in [3.63, 3.8) is 0 Å². The van der Waals surface area contributed by atoms with E-state index in [1.54, 1.807) is 0 Å². The molecule has 2 N–H and O–H groups in total. The second kappa shape index (κ2) is 6.35. The average molecular weight is 320 g/mol. The zero-order chi connectivity index (χ0) is 15.6. The first-order valence-corrected chi connectivity index (χ1v) is 8.13. The molecule has 0 saturated carbocycles. The lowest BCUT2D eigenvalue weighted by Gasteiger charge is -2.34. The molecule has 1 heterocycles. The summed E-state index contributed by atoms with van der Waals surface area (Å²) in [5, 5.41) is 0. The van der Waals surface area contributed by atoms with E-state index in [0.717, 1.165) is 12.1 Å². The van der Waals surface area contributed by atoms with E-state index in [1.165, 1.54) is 4.31 Å². The van der Waals surface area contributed by atoms with Crippen LogP contribution < -0.4 is 5.73 Å². The molecule has 1 aliphatic heterocycles. The summed E-state index contributed by atoms with van der Waals surface area (Å²) in [6, 6.07) is 1.62. The van der Waals surface area contributed by atoms with Gasteiger partial charge in [0.15, 0.2) is 11.6 Å². The highest BCUT2D eigenvalue weighted by Crippen LogP contribution is 2.26. The highest BCUT2D eigenvalue weighted by Gasteiger charge is 2.35. The van der Waals surface area contributed by atoms with Gasteiger partial charge in [-0.25, -0.2) is 17.2 Å². The van der Waals surface area contributed by atoms with Crippen molar-refractivity contribution in [2.24, 2.45) is 5.73 Å². The first-order chi connectivity index (χ1) is 9.91. The lowest BCUT2D eigenvalue weighted by Crippen LogP contribution is -2.48. The molecule has 1 unspecified atom stereocenters. The van der Waals surface area contributed by atoms with Gasteiger partial charge in [-0.1, -0.05) is 6.92 Å². The molecule has 0 spiro atoms. The summed E-state index contributed by atoms with van der Waals surface area (Å²) in [5.74, 6) is -2.58. The Labute approximate surface area is 122 Å². The van der Waals surface area contributed by atoms with Crippen molar-refractivity contribution in [1.82, 2.24) is 4.31 Å². The fourth-order valence-corrected chi connectivity index (χ4v) is 4.12. The molecule has 8 heteroatoms. The third-order valence-corrected chi connectivity index (χ3v) is 5.47. The quantitative estimate of drug-likeness (QED) is 0.905. The minimum atomic E-state index is -4.13. The number of benzene rings is 1. The van der Waals surface area contributed by atoms with E-state index in [-0.39, 0.29) is 37.9 Å². The van der Waals surface area contributed by atoms with Crippen LogP contribution in [0, 0.1) is 11.6 Å². The number of hydrogen-bond donors (Lipinski definition) is 1. The summed E-state index contributed by atoms with van der Waals surface area (Å²) in [6.45, 7) is 2.34. The molecular formula is C13H18F2N2O3S. The molecule has 118 valence electrons. The molecule has 0 radical (unpaired) electrons. The first kappa shape index (κ1) is 16.3. The standard InChI is InChI=1S/C13H18F2N2O3S/c1-2-10-8-20-4-3-17(10)21(18,19)12-6-9(7-16)5-11(14)13(12)15/h5-6,10H,2-4,7-8,16H2,1H3. The molecule has 2 rings (SSSR count). The summed E-state index contributed by atoms with van der Waals surface area (Å²) in [4.78, 5) is -0.664. The number of rotatable bonds is 4. The van der Waals surface area contributed by atoms with Crippen LogP contribution in [0.25, 0.3) is 0 Å². The monoisotopic (exact) mass is 320 g/mol. The van der Waals surface area contributed by atoms with Gasteiger partial charge >= 0.3 is 0 Å². The molecule has 0 amide bonds. The molecule has 0 bridgehead atoms. The lowest BCUT2D eigenvalue weighted by molar-refractivity contribution is 0.0313. The second-order valence-corrected chi connectivity index (χ2v) is 6.71. The topological polar surface area (TPSA) is 72.6 Å². The van der Waals surface area contributed by atoms with Gasteiger partial charge in [0.05, 0.1) is 13.2 Å². The maximum absolute atomic E-state index is 13.9. The van der Waals surface area contributed by atoms with E-state index in [0.29, 0.717) is 6.42 Å². The van der Waals surface area contributed by atoms with Gasteiger partial charge in [0, 0.05) is 19.1 Å². The van der Waals surface area contributed by atoms with Gasteiger partial charge in [-0.05, 0) is 24.1 Å². The van der Waals surface area contributed by atoms with Crippen molar-refractivity contribution in [2.75, 3.05) is 19.8 Å². The second-order valence-electron chi connectivity index (χ2n) is 4.85. The van der Waals surface area contributed by atoms with Crippen molar-refractivity contribution >= 4 is 10.0 Å². The van der Waals surface area contributed by atoms with Gasteiger partial charge in [-0.3, -0.25) is 0 Å². The third kappa shape index (κ3) is 3.08. The molecule has 0 aliphatic carbocycles. The Hall–Kier alpha value is -1.09. The predicted octanol–water partition coefficient (Wildman–Crippen LogP) is 1.22. The maximum atomic E-state index is 13.9. The van der Waals surface area contributed by atoms with E-state index >= 15 is 0 Å². The SMILES string of the molecule is CCC1COCCN1S(=O)(=O)c1cc(CN)cc(F)c1F. The summed E-state index contributed by atoms with van der Waals surface area (Å²) in [7, 11) is -4.13. The Morgan fingerprint density at radius 3 is 2.76 bits per heavy atom. The Bertz CT molecular complexity index is 622. The number of nitrogens with two attached hydrogens (primary N) is 1. The highest BCUT2D eigenvalue weighted by molar-refractivity contribution is 7.89. The van der Waals surface area contributed by atoms with Gasteiger partial charge in [-0.2, -0.15) is 4.31 Å². The minimum absolute atomic E-state index is 0.0694. The molecule has 21 heavy (non-hydrogen) atoms. The molecular weight excluding hydrogens is 302 g/mol. The van der Waals surface area contributed by atoms with Gasteiger partial charge in [0.25, 0.3) is 0 Å². The molecule has 5 nitrogen and oxygen atoms in total. The zero-order valence-corrected chi connectivity index (χ0v) is 12.5. The van der Waals surface area contributed by atoms with Crippen molar-refractivity contribution in [3.05, 3.63) is 29.3 Å². The molecule has 1 saturated heterocycles. The summed E-state index contributed by atoms with van der Waals surface area (Å²) >= 11 is 0. The van der Waals surface area contributed by atoms with Crippen molar-refractivity contribution in [2.45, 2.75) is 30.8 Å². The van der Waals surface area contributed by atoms with Crippen LogP contribution in [0.4, 0.5) is 8.78 Å². The average Bonchev–Trinajstić information content (AvgIpc) is 2.49. The molecule has 1 atom stereocenters. The molecule has 1 aliphatic rings. The minimum Gasteiger partial charge on any atom is -0.378 e. The van der Waals surface area contributed by atoms with E-state index in [1.807, 2.05) is 6.92 Å².